The van der Waals surface area contributed by atoms with E-state index in [1.165, 1.54) is 11.9 Å². The molecule has 9 nitrogen and oxygen atoms in total. The molecular formula is C13H22N4O5. The molecule has 0 aromatic heterocycles. The number of carbonyl (C=O) groups is 3. The van der Waals surface area contributed by atoms with Crippen LogP contribution in [0.1, 0.15) is 33.6 Å². The lowest BCUT2D eigenvalue weighted by Gasteiger charge is -2.31. The van der Waals surface area contributed by atoms with Crippen molar-refractivity contribution < 1.29 is 24.3 Å². The minimum absolute atomic E-state index is 0.264. The van der Waals surface area contributed by atoms with Crippen LogP contribution < -0.4 is 5.43 Å². The zero-order valence-corrected chi connectivity index (χ0v) is 13.2. The zero-order valence-electron chi connectivity index (χ0n) is 13.2. The molecule has 2 aliphatic rings. The Morgan fingerprint density at radius 2 is 2.00 bits per heavy atom. The van der Waals surface area contributed by atoms with Crippen LogP contribution in [-0.4, -0.2) is 69.5 Å². The predicted molar refractivity (Wildman–Crippen MR) is 74.7 cm³/mol. The summed E-state index contributed by atoms with van der Waals surface area (Å²) >= 11 is 0. The van der Waals surface area contributed by atoms with E-state index in [9.17, 15) is 19.6 Å². The van der Waals surface area contributed by atoms with Crippen molar-refractivity contribution in [2.75, 3.05) is 13.6 Å². The van der Waals surface area contributed by atoms with Gasteiger partial charge in [0.25, 0.3) is 5.91 Å². The molecule has 0 aliphatic carbocycles. The number of hydrazine groups is 1. The van der Waals surface area contributed by atoms with E-state index in [-0.39, 0.29) is 6.04 Å². The molecule has 0 spiro atoms. The number of rotatable bonds is 1. The normalized spacial score (nSPS) is 24.3. The highest BCUT2D eigenvalue weighted by Crippen LogP contribution is 2.28. The Morgan fingerprint density at radius 1 is 1.36 bits per heavy atom. The molecule has 2 aliphatic heterocycles. The second-order valence-corrected chi connectivity index (χ2v) is 6.54. The molecule has 2 N–H and O–H groups in total. The summed E-state index contributed by atoms with van der Waals surface area (Å²) < 4.78 is 5.13. The molecule has 0 aromatic carbocycles. The van der Waals surface area contributed by atoms with Crippen LogP contribution in [0.5, 0.6) is 0 Å². The van der Waals surface area contributed by atoms with E-state index in [0.29, 0.717) is 24.4 Å². The molecule has 2 bridgehead atoms. The maximum Gasteiger partial charge on any atom is 0.428 e. The van der Waals surface area contributed by atoms with Gasteiger partial charge in [0.1, 0.15) is 11.6 Å². The molecule has 2 fully saturated rings. The average Bonchev–Trinajstić information content (AvgIpc) is 2.62. The van der Waals surface area contributed by atoms with Crippen molar-refractivity contribution in [3.63, 3.8) is 0 Å². The zero-order chi connectivity index (χ0) is 16.7. The molecule has 0 saturated carbocycles. The number of nitrogens with one attached hydrogen (secondary N) is 1. The van der Waals surface area contributed by atoms with E-state index in [2.05, 4.69) is 5.43 Å². The molecule has 0 radical (unpaired) electrons. The van der Waals surface area contributed by atoms with E-state index < -0.39 is 29.7 Å². The van der Waals surface area contributed by atoms with Crippen LogP contribution in [0, 0.1) is 0 Å². The number of urea groups is 1. The maximum absolute atomic E-state index is 12.3. The summed E-state index contributed by atoms with van der Waals surface area (Å²) in [5, 5.41) is 11.2. The van der Waals surface area contributed by atoms with Crippen molar-refractivity contribution in [3.05, 3.63) is 0 Å². The Hall–Kier alpha value is -2.03. The molecule has 2 heterocycles. The average molecular weight is 314 g/mol. The van der Waals surface area contributed by atoms with Crippen molar-refractivity contribution in [2.24, 2.45) is 0 Å². The molecule has 9 heteroatoms. The van der Waals surface area contributed by atoms with E-state index >= 15 is 0 Å². The quantitative estimate of drug-likeness (QED) is 0.543. The van der Waals surface area contributed by atoms with Crippen molar-refractivity contribution in [2.45, 2.75) is 51.3 Å². The monoisotopic (exact) mass is 314 g/mol. The van der Waals surface area contributed by atoms with Gasteiger partial charge in [0, 0.05) is 13.6 Å². The Morgan fingerprint density at radius 3 is 2.59 bits per heavy atom. The number of amides is 4. The van der Waals surface area contributed by atoms with E-state index in [0.717, 1.165) is 5.01 Å². The minimum atomic E-state index is -0.703. The van der Waals surface area contributed by atoms with Crippen LogP contribution in [0.15, 0.2) is 0 Å². The van der Waals surface area contributed by atoms with E-state index in [4.69, 9.17) is 4.74 Å². The lowest BCUT2D eigenvalue weighted by molar-refractivity contribution is -0.130. The number of carbonyl (C=O) groups excluding carboxylic acids is 3. The molecule has 2 rings (SSSR count). The largest absolute Gasteiger partial charge is 0.442 e. The van der Waals surface area contributed by atoms with Gasteiger partial charge in [-0.2, -0.15) is 0 Å². The fraction of sp³-hybridized carbons (Fsp3) is 0.769. The fourth-order valence-corrected chi connectivity index (χ4v) is 2.54. The van der Waals surface area contributed by atoms with Gasteiger partial charge in [0.05, 0.1) is 6.04 Å². The predicted octanol–water partition coefficient (Wildman–Crippen LogP) is 0.542. The highest BCUT2D eigenvalue weighted by atomic mass is 16.6. The maximum atomic E-state index is 12.3. The lowest BCUT2D eigenvalue weighted by Crippen LogP contribution is -2.55. The molecule has 22 heavy (non-hydrogen) atoms. The van der Waals surface area contributed by atoms with Crippen LogP contribution in [0.2, 0.25) is 0 Å². The molecule has 2 unspecified atom stereocenters. The standard InChI is InChI=1S/C13H22N4O5/c1-13(2,3)22-12(20)15(4)14-10(18)9-6-5-8-7-16(9)11(19)17(8)21/h8-9,21H,5-7H2,1-4H3,(H,14,18). The first kappa shape index (κ1) is 16.3. The topological polar surface area (TPSA) is 102 Å². The smallest absolute Gasteiger partial charge is 0.428 e. The van der Waals surface area contributed by atoms with Gasteiger partial charge in [0.15, 0.2) is 0 Å². The van der Waals surface area contributed by atoms with Crippen molar-refractivity contribution in [1.82, 2.24) is 20.4 Å². The third-order valence-corrected chi connectivity index (χ3v) is 3.59. The third-order valence-electron chi connectivity index (χ3n) is 3.59. The van der Waals surface area contributed by atoms with Gasteiger partial charge in [-0.1, -0.05) is 0 Å². The first-order chi connectivity index (χ1) is 10.1. The van der Waals surface area contributed by atoms with Gasteiger partial charge >= 0.3 is 12.1 Å². The summed E-state index contributed by atoms with van der Waals surface area (Å²) in [4.78, 5) is 37.2. The van der Waals surface area contributed by atoms with Gasteiger partial charge in [-0.25, -0.2) is 19.7 Å². The van der Waals surface area contributed by atoms with Crippen LogP contribution >= 0.6 is 0 Å². The summed E-state index contributed by atoms with van der Waals surface area (Å²) in [6.45, 7) is 5.48. The summed E-state index contributed by atoms with van der Waals surface area (Å²) in [6, 6.07) is -1.55. The summed E-state index contributed by atoms with van der Waals surface area (Å²) in [5.74, 6) is -0.476. The van der Waals surface area contributed by atoms with Crippen LogP contribution in [-0.2, 0) is 9.53 Å². The number of nitrogens with zero attached hydrogens (tertiary/aromatic N) is 3. The van der Waals surface area contributed by atoms with Gasteiger partial charge in [-0.15, -0.1) is 0 Å². The Balaban J connectivity index is 1.95. The molecule has 2 atom stereocenters. The van der Waals surface area contributed by atoms with E-state index in [1.807, 2.05) is 0 Å². The Bertz CT molecular complexity index is 489. The summed E-state index contributed by atoms with van der Waals surface area (Å²) in [6.07, 6.45) is 0.278. The molecule has 2 saturated heterocycles. The molecule has 4 amide bonds. The first-order valence-electron chi connectivity index (χ1n) is 7.16. The van der Waals surface area contributed by atoms with Gasteiger partial charge in [-0.05, 0) is 33.6 Å². The Kier molecular flexibility index (Phi) is 4.19. The first-order valence-corrected chi connectivity index (χ1v) is 7.16. The third kappa shape index (κ3) is 3.24. The highest BCUT2D eigenvalue weighted by Gasteiger charge is 2.47. The molecule has 124 valence electrons. The fourth-order valence-electron chi connectivity index (χ4n) is 2.54. The number of fused-ring (bicyclic) bond motifs is 2. The number of hydrogen-bond acceptors (Lipinski definition) is 5. The second kappa shape index (κ2) is 5.64. The number of hydrogen-bond donors (Lipinski definition) is 2. The van der Waals surface area contributed by atoms with Crippen LogP contribution in [0.4, 0.5) is 9.59 Å². The highest BCUT2D eigenvalue weighted by molar-refractivity contribution is 5.89. The van der Waals surface area contributed by atoms with E-state index in [1.54, 1.807) is 20.8 Å². The summed E-state index contributed by atoms with van der Waals surface area (Å²) in [5.41, 5.74) is 1.75. The SMILES string of the molecule is CN(NC(=O)C1CCC2CN1C(=O)N2O)C(=O)OC(C)(C)C. The number of piperidine rings is 1. The lowest BCUT2D eigenvalue weighted by atomic mass is 10.0. The van der Waals surface area contributed by atoms with Crippen molar-refractivity contribution in [1.29, 1.82) is 0 Å². The van der Waals surface area contributed by atoms with Crippen molar-refractivity contribution in [3.8, 4) is 0 Å². The van der Waals surface area contributed by atoms with Gasteiger partial charge in [0.2, 0.25) is 0 Å². The Labute approximate surface area is 128 Å². The minimum Gasteiger partial charge on any atom is -0.442 e. The van der Waals surface area contributed by atoms with Crippen LogP contribution in [0.25, 0.3) is 0 Å². The second-order valence-electron chi connectivity index (χ2n) is 6.54. The number of ether oxygens (including phenoxy) is 1. The van der Waals surface area contributed by atoms with Crippen LogP contribution in [0.3, 0.4) is 0 Å². The van der Waals surface area contributed by atoms with Crippen molar-refractivity contribution >= 4 is 18.0 Å². The molecule has 0 aromatic rings. The molecular weight excluding hydrogens is 292 g/mol. The van der Waals surface area contributed by atoms with Gasteiger partial charge < -0.3 is 9.64 Å². The number of hydroxylamine groups is 2. The van der Waals surface area contributed by atoms with Gasteiger partial charge in [-0.3, -0.25) is 15.4 Å². The summed E-state index contributed by atoms with van der Waals surface area (Å²) in [7, 11) is 1.38.